The van der Waals surface area contributed by atoms with Gasteiger partial charge in [-0.15, -0.1) is 4.91 Å². The first kappa shape index (κ1) is 7.93. The van der Waals surface area contributed by atoms with Crippen LogP contribution in [0.15, 0.2) is 5.29 Å². The highest BCUT2D eigenvalue weighted by Crippen LogP contribution is 2.17. The van der Waals surface area contributed by atoms with Gasteiger partial charge in [0.25, 0.3) is 0 Å². The van der Waals surface area contributed by atoms with Crippen molar-refractivity contribution >= 4 is 5.97 Å². The van der Waals surface area contributed by atoms with E-state index < -0.39 is 18.1 Å². The fourth-order valence-electron chi connectivity index (χ4n) is 1.14. The van der Waals surface area contributed by atoms with Gasteiger partial charge < -0.3 is 10.2 Å². The third-order valence-corrected chi connectivity index (χ3v) is 1.70. The van der Waals surface area contributed by atoms with Crippen LogP contribution in [0.4, 0.5) is 0 Å². The van der Waals surface area contributed by atoms with Crippen LogP contribution in [-0.2, 0) is 4.79 Å². The van der Waals surface area contributed by atoms with Crippen LogP contribution in [0.1, 0.15) is 6.42 Å². The quantitative estimate of drug-likeness (QED) is 0.515. The fourth-order valence-corrected chi connectivity index (χ4v) is 1.14. The van der Waals surface area contributed by atoms with Crippen LogP contribution in [0, 0.1) is 4.91 Å². The molecule has 11 heavy (non-hydrogen) atoms. The molecule has 1 aliphatic rings. The van der Waals surface area contributed by atoms with Crippen molar-refractivity contribution in [1.82, 2.24) is 5.01 Å². The number of aliphatic hydroxyl groups is 1. The van der Waals surface area contributed by atoms with E-state index in [1.54, 1.807) is 0 Å². The zero-order chi connectivity index (χ0) is 8.43. The summed E-state index contributed by atoms with van der Waals surface area (Å²) in [5.41, 5.74) is 0. The summed E-state index contributed by atoms with van der Waals surface area (Å²) in [6.07, 6.45) is -0.701. The Balaban J connectivity index is 2.70. The molecule has 0 bridgehead atoms. The minimum Gasteiger partial charge on any atom is -0.480 e. The van der Waals surface area contributed by atoms with Gasteiger partial charge in [0.2, 0.25) is 0 Å². The topological polar surface area (TPSA) is 90.2 Å². The second-order valence-corrected chi connectivity index (χ2v) is 2.38. The van der Waals surface area contributed by atoms with Crippen molar-refractivity contribution in [3.8, 4) is 0 Å². The summed E-state index contributed by atoms with van der Waals surface area (Å²) in [5.74, 6) is -1.21. The lowest BCUT2D eigenvalue weighted by atomic mass is 10.2. The number of carbonyl (C=O) groups is 1. The predicted octanol–water partition coefficient (Wildman–Crippen LogP) is -0.812. The molecule has 1 fully saturated rings. The standard InChI is InChI=1S/C5H8N2O4/c8-3-1-2-7(6-11)4(3)5(9)10/h3-4,8H,1-2H2,(H,9,10)/t3?,4-/m0/s1. The van der Waals surface area contributed by atoms with Crippen molar-refractivity contribution in [1.29, 1.82) is 0 Å². The van der Waals surface area contributed by atoms with Crippen LogP contribution in [-0.4, -0.2) is 39.9 Å². The van der Waals surface area contributed by atoms with E-state index in [4.69, 9.17) is 10.2 Å². The van der Waals surface area contributed by atoms with Crippen molar-refractivity contribution in [2.75, 3.05) is 6.54 Å². The highest BCUT2D eigenvalue weighted by molar-refractivity contribution is 5.74. The second-order valence-electron chi connectivity index (χ2n) is 2.38. The predicted molar refractivity (Wildman–Crippen MR) is 34.5 cm³/mol. The third kappa shape index (κ3) is 1.30. The van der Waals surface area contributed by atoms with Gasteiger partial charge in [-0.2, -0.15) is 0 Å². The molecule has 62 valence electrons. The number of nitrogens with zero attached hydrogens (tertiary/aromatic N) is 2. The Morgan fingerprint density at radius 1 is 1.64 bits per heavy atom. The summed E-state index contributed by atoms with van der Waals surface area (Å²) in [6.45, 7) is 0.210. The molecule has 2 N–H and O–H groups in total. The summed E-state index contributed by atoms with van der Waals surface area (Å²) < 4.78 is 0. The number of aliphatic carboxylic acids is 1. The molecular formula is C5H8N2O4. The van der Waals surface area contributed by atoms with E-state index in [9.17, 15) is 9.70 Å². The minimum absolute atomic E-state index is 0.210. The number of carboxylic acids is 1. The summed E-state index contributed by atoms with van der Waals surface area (Å²) in [4.78, 5) is 20.3. The molecule has 1 saturated heterocycles. The van der Waals surface area contributed by atoms with Gasteiger partial charge in [-0.25, -0.2) is 9.80 Å². The van der Waals surface area contributed by atoms with E-state index in [1.807, 2.05) is 0 Å². The van der Waals surface area contributed by atoms with Crippen molar-refractivity contribution in [2.24, 2.45) is 5.29 Å². The van der Waals surface area contributed by atoms with E-state index in [1.165, 1.54) is 0 Å². The first-order valence-electron chi connectivity index (χ1n) is 3.17. The largest absolute Gasteiger partial charge is 0.480 e. The number of nitroso groups, excluding NO2 is 1. The van der Waals surface area contributed by atoms with Crippen molar-refractivity contribution in [2.45, 2.75) is 18.6 Å². The first-order valence-corrected chi connectivity index (χ1v) is 3.17. The molecule has 6 heteroatoms. The van der Waals surface area contributed by atoms with E-state index in [0.717, 1.165) is 5.01 Å². The van der Waals surface area contributed by atoms with Gasteiger partial charge in [-0.1, -0.05) is 0 Å². The number of rotatable bonds is 2. The smallest absolute Gasteiger partial charge is 0.330 e. The summed E-state index contributed by atoms with van der Waals surface area (Å²) in [7, 11) is 0. The zero-order valence-corrected chi connectivity index (χ0v) is 5.67. The van der Waals surface area contributed by atoms with Crippen LogP contribution in [0.5, 0.6) is 0 Å². The molecule has 0 saturated carbocycles. The minimum atomic E-state index is -1.21. The Hall–Kier alpha value is -1.17. The molecule has 0 aromatic rings. The lowest BCUT2D eigenvalue weighted by Gasteiger charge is -2.14. The Kier molecular flexibility index (Phi) is 2.04. The average Bonchev–Trinajstić information content (AvgIpc) is 2.30. The number of hydrogen-bond acceptors (Lipinski definition) is 4. The van der Waals surface area contributed by atoms with Gasteiger partial charge in [-0.3, -0.25) is 0 Å². The molecule has 1 rings (SSSR count). The molecule has 0 aromatic heterocycles. The number of carboxylic acid groups (broad SMARTS) is 1. The monoisotopic (exact) mass is 160 g/mol. The Labute approximate surface area is 62.4 Å². The molecular weight excluding hydrogens is 152 g/mol. The molecule has 0 aromatic carbocycles. The number of hydrogen-bond donors (Lipinski definition) is 2. The van der Waals surface area contributed by atoms with Crippen LogP contribution in [0.3, 0.4) is 0 Å². The van der Waals surface area contributed by atoms with Crippen molar-refractivity contribution in [3.05, 3.63) is 4.91 Å². The summed E-state index contributed by atoms with van der Waals surface area (Å²) in [5, 5.41) is 20.8. The summed E-state index contributed by atoms with van der Waals surface area (Å²) >= 11 is 0. The lowest BCUT2D eigenvalue weighted by molar-refractivity contribution is -0.145. The Morgan fingerprint density at radius 2 is 2.27 bits per heavy atom. The normalized spacial score (nSPS) is 30.5. The molecule has 0 radical (unpaired) electrons. The van der Waals surface area contributed by atoms with Crippen LogP contribution in [0.25, 0.3) is 0 Å². The van der Waals surface area contributed by atoms with E-state index >= 15 is 0 Å². The van der Waals surface area contributed by atoms with E-state index in [0.29, 0.717) is 0 Å². The molecule has 1 unspecified atom stereocenters. The lowest BCUT2D eigenvalue weighted by Crippen LogP contribution is -2.38. The molecule has 0 amide bonds. The van der Waals surface area contributed by atoms with Gasteiger partial charge in [0.1, 0.15) is 0 Å². The Morgan fingerprint density at radius 3 is 2.64 bits per heavy atom. The maximum atomic E-state index is 10.4. The number of aliphatic hydroxyl groups excluding tert-OH is 1. The maximum absolute atomic E-state index is 10.4. The van der Waals surface area contributed by atoms with E-state index in [2.05, 4.69) is 5.29 Å². The highest BCUT2D eigenvalue weighted by atomic mass is 16.4. The zero-order valence-electron chi connectivity index (χ0n) is 5.67. The van der Waals surface area contributed by atoms with Gasteiger partial charge in [0.05, 0.1) is 11.4 Å². The molecule has 6 nitrogen and oxygen atoms in total. The van der Waals surface area contributed by atoms with Gasteiger partial charge >= 0.3 is 5.97 Å². The molecule has 0 spiro atoms. The molecule has 0 aliphatic carbocycles. The third-order valence-electron chi connectivity index (χ3n) is 1.70. The second kappa shape index (κ2) is 2.83. The van der Waals surface area contributed by atoms with Crippen molar-refractivity contribution in [3.63, 3.8) is 0 Å². The average molecular weight is 160 g/mol. The van der Waals surface area contributed by atoms with Gasteiger partial charge in [0.15, 0.2) is 6.04 Å². The van der Waals surface area contributed by atoms with E-state index in [-0.39, 0.29) is 13.0 Å². The maximum Gasteiger partial charge on any atom is 0.330 e. The highest BCUT2D eigenvalue weighted by Gasteiger charge is 2.38. The molecule has 1 heterocycles. The van der Waals surface area contributed by atoms with Gasteiger partial charge in [0, 0.05) is 6.54 Å². The Bertz CT molecular complexity index is 183. The van der Waals surface area contributed by atoms with Crippen LogP contribution in [0.2, 0.25) is 0 Å². The molecule has 2 atom stereocenters. The van der Waals surface area contributed by atoms with Gasteiger partial charge in [-0.05, 0) is 6.42 Å². The molecule has 1 aliphatic heterocycles. The van der Waals surface area contributed by atoms with Crippen LogP contribution >= 0.6 is 0 Å². The van der Waals surface area contributed by atoms with Crippen molar-refractivity contribution < 1.29 is 15.0 Å². The van der Waals surface area contributed by atoms with Crippen LogP contribution < -0.4 is 0 Å². The first-order chi connectivity index (χ1) is 5.16. The summed E-state index contributed by atoms with van der Waals surface area (Å²) in [6, 6.07) is -1.16. The fraction of sp³-hybridized carbons (Fsp3) is 0.800. The SMILES string of the molecule is O=NN1CCC(O)[C@H]1C(=O)O.